The van der Waals surface area contributed by atoms with Gasteiger partial charge in [0.1, 0.15) is 5.60 Å². The third kappa shape index (κ3) is 2.10. The van der Waals surface area contributed by atoms with E-state index in [0.717, 1.165) is 0 Å². The van der Waals surface area contributed by atoms with Crippen molar-refractivity contribution in [3.05, 3.63) is 12.2 Å². The number of carbonyl (C=O) groups is 1. The average Bonchev–Trinajstić information content (AvgIpc) is 2.65. The zero-order chi connectivity index (χ0) is 9.35. The van der Waals surface area contributed by atoms with Gasteiger partial charge >= 0.3 is 5.97 Å². The molecule has 0 aromatic rings. The SMILES string of the molecule is C=C(C)C(=O)OC(C)(C)C1CC1. The molecule has 0 N–H and O–H groups in total. The fourth-order valence-electron chi connectivity index (χ4n) is 1.19. The average molecular weight is 168 g/mol. The van der Waals surface area contributed by atoms with Gasteiger partial charge in [0.2, 0.25) is 0 Å². The van der Waals surface area contributed by atoms with Gasteiger partial charge in [-0.25, -0.2) is 4.79 Å². The lowest BCUT2D eigenvalue weighted by atomic mass is 10.0. The van der Waals surface area contributed by atoms with Gasteiger partial charge in [-0.2, -0.15) is 0 Å². The van der Waals surface area contributed by atoms with Crippen molar-refractivity contribution in [3.63, 3.8) is 0 Å². The standard InChI is InChI=1S/C10H16O2/c1-7(2)9(11)12-10(3,4)8-5-6-8/h8H,1,5-6H2,2-4H3. The fourth-order valence-corrected chi connectivity index (χ4v) is 1.19. The monoisotopic (exact) mass is 168 g/mol. The fraction of sp³-hybridized carbons (Fsp3) is 0.700. The Morgan fingerprint density at radius 3 is 2.33 bits per heavy atom. The molecule has 0 atom stereocenters. The molecule has 12 heavy (non-hydrogen) atoms. The lowest BCUT2D eigenvalue weighted by Crippen LogP contribution is -2.30. The van der Waals surface area contributed by atoms with Gasteiger partial charge < -0.3 is 4.74 Å². The highest BCUT2D eigenvalue weighted by Gasteiger charge is 2.40. The summed E-state index contributed by atoms with van der Waals surface area (Å²) in [5.41, 5.74) is 0.180. The number of hydrogen-bond acceptors (Lipinski definition) is 2. The first kappa shape index (κ1) is 9.30. The number of rotatable bonds is 3. The zero-order valence-electron chi connectivity index (χ0n) is 8.02. The summed E-state index contributed by atoms with van der Waals surface area (Å²) in [6, 6.07) is 0. The van der Waals surface area contributed by atoms with E-state index in [2.05, 4.69) is 6.58 Å². The highest BCUT2D eigenvalue weighted by atomic mass is 16.6. The molecular weight excluding hydrogens is 152 g/mol. The highest BCUT2D eigenvalue weighted by Crippen LogP contribution is 2.41. The summed E-state index contributed by atoms with van der Waals surface area (Å²) in [6.07, 6.45) is 2.35. The Kier molecular flexibility index (Phi) is 2.27. The van der Waals surface area contributed by atoms with Crippen molar-refractivity contribution in [2.45, 2.75) is 39.2 Å². The molecule has 1 fully saturated rings. The van der Waals surface area contributed by atoms with Crippen molar-refractivity contribution in [2.75, 3.05) is 0 Å². The Morgan fingerprint density at radius 2 is 2.00 bits per heavy atom. The second-order valence-corrected chi connectivity index (χ2v) is 4.05. The van der Waals surface area contributed by atoms with E-state index < -0.39 is 0 Å². The molecule has 0 bridgehead atoms. The lowest BCUT2D eigenvalue weighted by Gasteiger charge is -2.24. The maximum Gasteiger partial charge on any atom is 0.333 e. The van der Waals surface area contributed by atoms with Crippen LogP contribution in [-0.4, -0.2) is 11.6 Å². The van der Waals surface area contributed by atoms with E-state index in [1.165, 1.54) is 12.8 Å². The van der Waals surface area contributed by atoms with Gasteiger partial charge in [0.05, 0.1) is 0 Å². The van der Waals surface area contributed by atoms with Crippen LogP contribution in [-0.2, 0) is 9.53 Å². The van der Waals surface area contributed by atoms with Crippen LogP contribution in [0.5, 0.6) is 0 Å². The van der Waals surface area contributed by atoms with Crippen molar-refractivity contribution in [1.82, 2.24) is 0 Å². The molecule has 0 saturated heterocycles. The van der Waals surface area contributed by atoms with E-state index in [-0.39, 0.29) is 11.6 Å². The predicted molar refractivity (Wildman–Crippen MR) is 47.7 cm³/mol. The summed E-state index contributed by atoms with van der Waals surface area (Å²) < 4.78 is 5.28. The van der Waals surface area contributed by atoms with E-state index in [4.69, 9.17) is 4.74 Å². The maximum atomic E-state index is 11.2. The molecule has 0 aliphatic heterocycles. The molecule has 0 spiro atoms. The number of ether oxygens (including phenoxy) is 1. The van der Waals surface area contributed by atoms with Crippen molar-refractivity contribution < 1.29 is 9.53 Å². The summed E-state index contributed by atoms with van der Waals surface area (Å²) in [4.78, 5) is 11.2. The molecule has 0 aromatic carbocycles. The van der Waals surface area contributed by atoms with Crippen LogP contribution in [0.1, 0.15) is 33.6 Å². The number of carbonyl (C=O) groups excluding carboxylic acids is 1. The smallest absolute Gasteiger partial charge is 0.333 e. The molecule has 2 heteroatoms. The molecule has 1 rings (SSSR count). The van der Waals surface area contributed by atoms with Gasteiger partial charge in [0, 0.05) is 5.57 Å². The summed E-state index contributed by atoms with van der Waals surface area (Å²) in [6.45, 7) is 9.14. The van der Waals surface area contributed by atoms with Gasteiger partial charge in [-0.15, -0.1) is 0 Å². The van der Waals surface area contributed by atoms with Crippen LogP contribution < -0.4 is 0 Å². The summed E-state index contributed by atoms with van der Waals surface area (Å²) in [5.74, 6) is 0.285. The molecule has 2 nitrogen and oxygen atoms in total. The van der Waals surface area contributed by atoms with E-state index in [1.54, 1.807) is 6.92 Å². The molecule has 0 heterocycles. The molecule has 1 aliphatic rings. The minimum absolute atomic E-state index is 0.271. The van der Waals surface area contributed by atoms with E-state index in [9.17, 15) is 4.79 Å². The van der Waals surface area contributed by atoms with Crippen LogP contribution >= 0.6 is 0 Å². The Hall–Kier alpha value is -0.790. The van der Waals surface area contributed by atoms with Crippen LogP contribution in [0, 0.1) is 5.92 Å². The predicted octanol–water partition coefficient (Wildman–Crippen LogP) is 2.29. The summed E-state index contributed by atoms with van der Waals surface area (Å²) in [7, 11) is 0. The first-order valence-electron chi connectivity index (χ1n) is 4.32. The molecule has 0 radical (unpaired) electrons. The van der Waals surface area contributed by atoms with Crippen molar-refractivity contribution in [2.24, 2.45) is 5.92 Å². The second-order valence-electron chi connectivity index (χ2n) is 4.05. The molecule has 1 saturated carbocycles. The first-order chi connectivity index (χ1) is 5.43. The summed E-state index contributed by atoms with van der Waals surface area (Å²) in [5, 5.41) is 0. The van der Waals surface area contributed by atoms with Gasteiger partial charge in [0.25, 0.3) is 0 Å². The van der Waals surface area contributed by atoms with Gasteiger partial charge in [-0.3, -0.25) is 0 Å². The molecule has 1 aliphatic carbocycles. The highest BCUT2D eigenvalue weighted by molar-refractivity contribution is 5.87. The molecule has 68 valence electrons. The van der Waals surface area contributed by atoms with Crippen molar-refractivity contribution in [3.8, 4) is 0 Å². The molecule has 0 aromatic heterocycles. The third-order valence-electron chi connectivity index (χ3n) is 2.26. The topological polar surface area (TPSA) is 26.3 Å². The van der Waals surface area contributed by atoms with Gasteiger partial charge in [-0.05, 0) is 39.5 Å². The minimum Gasteiger partial charge on any atom is -0.456 e. The Balaban J connectivity index is 2.48. The first-order valence-corrected chi connectivity index (χ1v) is 4.32. The largest absolute Gasteiger partial charge is 0.456 e. The Bertz CT molecular complexity index is 212. The number of esters is 1. The normalized spacial score (nSPS) is 17.2. The Labute approximate surface area is 73.6 Å². The van der Waals surface area contributed by atoms with Gasteiger partial charge in [-0.1, -0.05) is 6.58 Å². The minimum atomic E-state index is -0.296. The van der Waals surface area contributed by atoms with Crippen molar-refractivity contribution >= 4 is 5.97 Å². The molecular formula is C10H16O2. The third-order valence-corrected chi connectivity index (χ3v) is 2.26. The van der Waals surface area contributed by atoms with E-state index >= 15 is 0 Å². The number of hydrogen-bond donors (Lipinski definition) is 0. The lowest BCUT2D eigenvalue weighted by molar-refractivity contribution is -0.153. The summed E-state index contributed by atoms with van der Waals surface area (Å²) >= 11 is 0. The van der Waals surface area contributed by atoms with Crippen LogP contribution in [0.3, 0.4) is 0 Å². The molecule has 0 unspecified atom stereocenters. The van der Waals surface area contributed by atoms with E-state index in [0.29, 0.717) is 11.5 Å². The van der Waals surface area contributed by atoms with Crippen LogP contribution in [0.2, 0.25) is 0 Å². The van der Waals surface area contributed by atoms with Crippen LogP contribution in [0.4, 0.5) is 0 Å². The zero-order valence-corrected chi connectivity index (χ0v) is 8.02. The van der Waals surface area contributed by atoms with E-state index in [1.807, 2.05) is 13.8 Å². The second kappa shape index (κ2) is 2.92. The molecule has 0 amide bonds. The van der Waals surface area contributed by atoms with Gasteiger partial charge in [0.15, 0.2) is 0 Å². The maximum absolute atomic E-state index is 11.2. The van der Waals surface area contributed by atoms with Crippen molar-refractivity contribution in [1.29, 1.82) is 0 Å². The van der Waals surface area contributed by atoms with Crippen LogP contribution in [0.25, 0.3) is 0 Å². The Morgan fingerprint density at radius 1 is 1.50 bits per heavy atom. The van der Waals surface area contributed by atoms with Crippen LogP contribution in [0.15, 0.2) is 12.2 Å². The quantitative estimate of drug-likeness (QED) is 0.477.